The number of hydrogen-bond acceptors (Lipinski definition) is 3. The summed E-state index contributed by atoms with van der Waals surface area (Å²) in [5, 5.41) is 0.135. The van der Waals surface area contributed by atoms with Crippen LogP contribution in [0.1, 0.15) is 31.7 Å². The van der Waals surface area contributed by atoms with E-state index in [1.807, 2.05) is 6.92 Å². The molecule has 0 spiro atoms. The Balaban J connectivity index is 1.77. The van der Waals surface area contributed by atoms with Gasteiger partial charge < -0.3 is 14.2 Å². The zero-order valence-electron chi connectivity index (χ0n) is 12.6. The van der Waals surface area contributed by atoms with E-state index in [4.69, 9.17) is 14.2 Å². The van der Waals surface area contributed by atoms with Crippen LogP contribution in [0.4, 0.5) is 8.78 Å². The Kier molecular flexibility index (Phi) is 7.05. The van der Waals surface area contributed by atoms with Crippen LogP contribution in [0.3, 0.4) is 0 Å². The molecule has 1 fully saturated rings. The molecule has 1 aromatic carbocycles. The number of halogens is 3. The molecule has 3 nitrogen and oxygen atoms in total. The minimum atomic E-state index is -0.605. The molecule has 0 bridgehead atoms. The number of alkyl halides is 1. The standard InChI is InChI=1S/C16H21BrF2O3/c1-11(10-22-16-4-2-3-5-20-16)9-21-12-6-14(18)13(8-17)15(19)7-12/h6-7,11,16H,2-5,8-10H2,1H3/t11-,16?/m0/s1. The average molecular weight is 379 g/mol. The highest BCUT2D eigenvalue weighted by Gasteiger charge is 2.16. The lowest BCUT2D eigenvalue weighted by Gasteiger charge is -2.24. The molecule has 1 saturated heterocycles. The second-order valence-corrected chi connectivity index (χ2v) is 6.11. The second-order valence-electron chi connectivity index (χ2n) is 5.54. The maximum absolute atomic E-state index is 13.6. The summed E-state index contributed by atoms with van der Waals surface area (Å²) < 4.78 is 43.9. The fraction of sp³-hybridized carbons (Fsp3) is 0.625. The Labute approximate surface area is 138 Å². The van der Waals surface area contributed by atoms with E-state index in [1.165, 1.54) is 12.1 Å². The SMILES string of the molecule is C[C@@H](COc1cc(F)c(CBr)c(F)c1)COC1CCCCO1. The van der Waals surface area contributed by atoms with Crippen molar-refractivity contribution in [3.8, 4) is 5.75 Å². The van der Waals surface area contributed by atoms with Gasteiger partial charge in [0.1, 0.15) is 17.4 Å². The normalized spacial score (nSPS) is 19.9. The molecule has 0 saturated carbocycles. The minimum absolute atomic E-state index is 0.0122. The lowest BCUT2D eigenvalue weighted by atomic mass is 10.2. The molecule has 2 rings (SSSR count). The zero-order valence-corrected chi connectivity index (χ0v) is 14.2. The Morgan fingerprint density at radius 3 is 2.59 bits per heavy atom. The molecule has 1 heterocycles. The highest BCUT2D eigenvalue weighted by molar-refractivity contribution is 9.08. The van der Waals surface area contributed by atoms with Crippen LogP contribution in [0, 0.1) is 17.6 Å². The van der Waals surface area contributed by atoms with Crippen LogP contribution in [-0.4, -0.2) is 26.1 Å². The number of hydrogen-bond donors (Lipinski definition) is 0. The van der Waals surface area contributed by atoms with E-state index < -0.39 is 11.6 Å². The van der Waals surface area contributed by atoms with Gasteiger partial charge in [-0.25, -0.2) is 8.78 Å². The summed E-state index contributed by atoms with van der Waals surface area (Å²) in [7, 11) is 0. The van der Waals surface area contributed by atoms with Gasteiger partial charge >= 0.3 is 0 Å². The summed E-state index contributed by atoms with van der Waals surface area (Å²) in [6, 6.07) is 2.41. The van der Waals surface area contributed by atoms with Gasteiger partial charge in [0.2, 0.25) is 0 Å². The lowest BCUT2D eigenvalue weighted by Crippen LogP contribution is -2.26. The van der Waals surface area contributed by atoms with E-state index in [-0.39, 0.29) is 28.9 Å². The molecular formula is C16H21BrF2O3. The Morgan fingerprint density at radius 1 is 1.27 bits per heavy atom. The Hall–Kier alpha value is -0.720. The van der Waals surface area contributed by atoms with Gasteiger partial charge in [0, 0.05) is 35.6 Å². The van der Waals surface area contributed by atoms with Crippen molar-refractivity contribution in [1.82, 2.24) is 0 Å². The fourth-order valence-corrected chi connectivity index (χ4v) is 2.73. The molecule has 6 heteroatoms. The van der Waals surface area contributed by atoms with Gasteiger partial charge in [-0.1, -0.05) is 22.9 Å². The molecule has 0 radical (unpaired) electrons. The van der Waals surface area contributed by atoms with Crippen molar-refractivity contribution in [2.45, 2.75) is 37.8 Å². The van der Waals surface area contributed by atoms with Crippen molar-refractivity contribution in [1.29, 1.82) is 0 Å². The van der Waals surface area contributed by atoms with Gasteiger partial charge in [-0.3, -0.25) is 0 Å². The second kappa shape index (κ2) is 8.79. The number of rotatable bonds is 7. The van der Waals surface area contributed by atoms with Crippen LogP contribution in [0.2, 0.25) is 0 Å². The van der Waals surface area contributed by atoms with E-state index in [2.05, 4.69) is 15.9 Å². The molecule has 22 heavy (non-hydrogen) atoms. The molecule has 0 aliphatic carbocycles. The van der Waals surface area contributed by atoms with Gasteiger partial charge in [-0.2, -0.15) is 0 Å². The predicted molar refractivity (Wildman–Crippen MR) is 83.2 cm³/mol. The van der Waals surface area contributed by atoms with Crippen molar-refractivity contribution in [2.24, 2.45) is 5.92 Å². The summed E-state index contributed by atoms with van der Waals surface area (Å²) in [6.07, 6.45) is 2.98. The van der Waals surface area contributed by atoms with Crippen molar-refractivity contribution in [2.75, 3.05) is 19.8 Å². The maximum Gasteiger partial charge on any atom is 0.157 e. The quantitative estimate of drug-likeness (QED) is 0.657. The molecular weight excluding hydrogens is 358 g/mol. The predicted octanol–water partition coefficient (Wildman–Crippen LogP) is 4.42. The van der Waals surface area contributed by atoms with Crippen molar-refractivity contribution >= 4 is 15.9 Å². The first-order valence-corrected chi connectivity index (χ1v) is 8.62. The molecule has 1 aliphatic heterocycles. The van der Waals surface area contributed by atoms with Crippen LogP contribution < -0.4 is 4.74 Å². The van der Waals surface area contributed by atoms with Crippen LogP contribution in [0.5, 0.6) is 5.75 Å². The first kappa shape index (κ1) is 17.6. The van der Waals surface area contributed by atoms with Crippen LogP contribution >= 0.6 is 15.9 Å². The number of ether oxygens (including phenoxy) is 3. The van der Waals surface area contributed by atoms with E-state index >= 15 is 0 Å². The lowest BCUT2D eigenvalue weighted by molar-refractivity contribution is -0.169. The van der Waals surface area contributed by atoms with Crippen molar-refractivity contribution in [3.63, 3.8) is 0 Å². The van der Waals surface area contributed by atoms with Gasteiger partial charge in [-0.05, 0) is 19.3 Å². The third kappa shape index (κ3) is 5.18. The summed E-state index contributed by atoms with van der Waals surface area (Å²) in [5.74, 6) is -0.911. The monoisotopic (exact) mass is 378 g/mol. The maximum atomic E-state index is 13.6. The van der Waals surface area contributed by atoms with E-state index in [0.29, 0.717) is 13.2 Å². The summed E-state index contributed by atoms with van der Waals surface area (Å²) >= 11 is 3.06. The Bertz CT molecular complexity index is 455. The Morgan fingerprint density at radius 2 is 2.00 bits per heavy atom. The minimum Gasteiger partial charge on any atom is -0.493 e. The van der Waals surface area contributed by atoms with Gasteiger partial charge in [0.25, 0.3) is 0 Å². The zero-order chi connectivity index (χ0) is 15.9. The first-order valence-electron chi connectivity index (χ1n) is 7.50. The molecule has 1 aliphatic rings. The number of benzene rings is 1. The van der Waals surface area contributed by atoms with Gasteiger partial charge in [0.05, 0.1) is 13.2 Å². The highest BCUT2D eigenvalue weighted by atomic mass is 79.9. The van der Waals surface area contributed by atoms with Crippen LogP contribution in [0.15, 0.2) is 12.1 Å². The van der Waals surface area contributed by atoms with Crippen molar-refractivity contribution < 1.29 is 23.0 Å². The third-order valence-electron chi connectivity index (χ3n) is 3.49. The fourth-order valence-electron chi connectivity index (χ4n) is 2.19. The topological polar surface area (TPSA) is 27.7 Å². The van der Waals surface area contributed by atoms with Gasteiger partial charge in [0.15, 0.2) is 6.29 Å². The molecule has 0 amide bonds. The van der Waals surface area contributed by atoms with E-state index in [1.54, 1.807) is 0 Å². The summed E-state index contributed by atoms with van der Waals surface area (Å²) in [5.41, 5.74) is 0.0122. The molecule has 0 aromatic heterocycles. The van der Waals surface area contributed by atoms with Gasteiger partial charge in [-0.15, -0.1) is 0 Å². The first-order chi connectivity index (χ1) is 10.6. The van der Waals surface area contributed by atoms with Crippen molar-refractivity contribution in [3.05, 3.63) is 29.3 Å². The molecule has 2 atom stereocenters. The largest absolute Gasteiger partial charge is 0.493 e. The third-order valence-corrected chi connectivity index (χ3v) is 4.05. The summed E-state index contributed by atoms with van der Waals surface area (Å²) in [4.78, 5) is 0. The summed E-state index contributed by atoms with van der Waals surface area (Å²) in [6.45, 7) is 3.53. The van der Waals surface area contributed by atoms with E-state index in [9.17, 15) is 8.78 Å². The molecule has 0 N–H and O–H groups in total. The smallest absolute Gasteiger partial charge is 0.157 e. The van der Waals surface area contributed by atoms with E-state index in [0.717, 1.165) is 25.9 Å². The highest BCUT2D eigenvalue weighted by Crippen LogP contribution is 2.23. The molecule has 1 unspecified atom stereocenters. The van der Waals surface area contributed by atoms with Crippen LogP contribution in [0.25, 0.3) is 0 Å². The molecule has 124 valence electrons. The average Bonchev–Trinajstić information content (AvgIpc) is 2.52. The van der Waals surface area contributed by atoms with Crippen LogP contribution in [-0.2, 0) is 14.8 Å². The molecule has 1 aromatic rings.